The minimum absolute atomic E-state index is 0.857. The third-order valence-electron chi connectivity index (χ3n) is 4.18. The molecule has 0 spiro atoms. The van der Waals surface area contributed by atoms with E-state index in [1.165, 1.54) is 0 Å². The van der Waals surface area contributed by atoms with E-state index in [2.05, 4.69) is 48.9 Å². The van der Waals surface area contributed by atoms with E-state index in [1.54, 1.807) is 0 Å². The lowest BCUT2D eigenvalue weighted by atomic mass is 10.0. The second kappa shape index (κ2) is 4.92. The fourth-order valence-corrected chi connectivity index (χ4v) is 3.06. The third kappa shape index (κ3) is 1.88. The van der Waals surface area contributed by atoms with Crippen LogP contribution in [-0.2, 0) is 0 Å². The minimum atomic E-state index is 0.857. The first-order chi connectivity index (χ1) is 10.8. The average Bonchev–Trinajstić information content (AvgIpc) is 2.93. The number of hydrogen-bond acceptors (Lipinski definition) is 2. The van der Waals surface area contributed by atoms with Gasteiger partial charge in [0.15, 0.2) is 0 Å². The standard InChI is InChI=1S/C20H17NO/c1-14-8-4-3-7-13-21(2)17-12-11-16-15-9-5-6-10-18(15)22-20(16)19(14)17/h3-12H,1,13H2,2H3/b7-3-,8-4-. The number of rotatable bonds is 0. The van der Waals surface area contributed by atoms with Gasteiger partial charge < -0.3 is 9.32 Å². The first kappa shape index (κ1) is 13.0. The predicted octanol–water partition coefficient (Wildman–Crippen LogP) is 5.16. The van der Waals surface area contributed by atoms with Gasteiger partial charge in [-0.15, -0.1) is 0 Å². The van der Waals surface area contributed by atoms with E-state index in [-0.39, 0.29) is 0 Å². The summed E-state index contributed by atoms with van der Waals surface area (Å²) >= 11 is 0. The third-order valence-corrected chi connectivity index (χ3v) is 4.18. The largest absolute Gasteiger partial charge is 0.455 e. The van der Waals surface area contributed by atoms with Crippen molar-refractivity contribution in [2.45, 2.75) is 0 Å². The highest BCUT2D eigenvalue weighted by atomic mass is 16.3. The molecule has 0 saturated heterocycles. The molecule has 0 saturated carbocycles. The number of nitrogens with zero attached hydrogens (tertiary/aromatic N) is 1. The van der Waals surface area contributed by atoms with Crippen LogP contribution in [0.3, 0.4) is 0 Å². The quantitative estimate of drug-likeness (QED) is 0.567. The summed E-state index contributed by atoms with van der Waals surface area (Å²) in [6, 6.07) is 12.5. The SMILES string of the molecule is C=C1/C=C\C=C/CN(C)c2ccc3c(oc4ccccc43)c21. The molecule has 0 atom stereocenters. The topological polar surface area (TPSA) is 16.4 Å². The molecule has 0 unspecified atom stereocenters. The molecular formula is C20H17NO. The highest BCUT2D eigenvalue weighted by Gasteiger charge is 2.18. The summed E-state index contributed by atoms with van der Waals surface area (Å²) in [5.74, 6) is 0. The number of para-hydroxylation sites is 1. The molecule has 0 fully saturated rings. The van der Waals surface area contributed by atoms with Gasteiger partial charge in [0.05, 0.1) is 0 Å². The Labute approximate surface area is 129 Å². The molecule has 2 nitrogen and oxygen atoms in total. The summed E-state index contributed by atoms with van der Waals surface area (Å²) in [5.41, 5.74) is 5.03. The van der Waals surface area contributed by atoms with Crippen molar-refractivity contribution in [2.75, 3.05) is 18.5 Å². The van der Waals surface area contributed by atoms with E-state index in [0.717, 1.165) is 45.3 Å². The van der Waals surface area contributed by atoms with Crippen molar-refractivity contribution in [3.05, 3.63) is 72.8 Å². The smallest absolute Gasteiger partial charge is 0.145 e. The number of allylic oxidation sites excluding steroid dienone is 4. The lowest BCUT2D eigenvalue weighted by Gasteiger charge is -2.21. The highest BCUT2D eigenvalue weighted by molar-refractivity contribution is 6.10. The number of hydrogen-bond donors (Lipinski definition) is 0. The van der Waals surface area contributed by atoms with Crippen molar-refractivity contribution < 1.29 is 4.42 Å². The van der Waals surface area contributed by atoms with Crippen molar-refractivity contribution in [1.29, 1.82) is 0 Å². The van der Waals surface area contributed by atoms with Gasteiger partial charge in [-0.25, -0.2) is 0 Å². The lowest BCUT2D eigenvalue weighted by molar-refractivity contribution is 0.667. The van der Waals surface area contributed by atoms with Crippen LogP contribution in [0.5, 0.6) is 0 Å². The van der Waals surface area contributed by atoms with Crippen molar-refractivity contribution in [3.63, 3.8) is 0 Å². The summed E-state index contributed by atoms with van der Waals surface area (Å²) in [4.78, 5) is 2.22. The van der Waals surface area contributed by atoms with Crippen LogP contribution in [0, 0.1) is 0 Å². The first-order valence-electron chi connectivity index (χ1n) is 7.43. The van der Waals surface area contributed by atoms with Gasteiger partial charge in [0.2, 0.25) is 0 Å². The van der Waals surface area contributed by atoms with Crippen molar-refractivity contribution in [2.24, 2.45) is 0 Å². The average molecular weight is 287 g/mol. The monoisotopic (exact) mass is 287 g/mol. The Morgan fingerprint density at radius 2 is 1.91 bits per heavy atom. The highest BCUT2D eigenvalue weighted by Crippen LogP contribution is 2.39. The van der Waals surface area contributed by atoms with E-state index >= 15 is 0 Å². The molecule has 2 heteroatoms. The normalized spacial score (nSPS) is 17.9. The maximum atomic E-state index is 6.16. The summed E-state index contributed by atoms with van der Waals surface area (Å²) in [7, 11) is 2.09. The van der Waals surface area contributed by atoms with Crippen LogP contribution in [0.1, 0.15) is 5.56 Å². The molecule has 22 heavy (non-hydrogen) atoms. The molecule has 1 aliphatic rings. The maximum Gasteiger partial charge on any atom is 0.145 e. The summed E-state index contributed by atoms with van der Waals surface area (Å²) in [6.45, 7) is 5.10. The first-order valence-corrected chi connectivity index (χ1v) is 7.43. The fraction of sp³-hybridized carbons (Fsp3) is 0.100. The molecule has 1 aliphatic heterocycles. The van der Waals surface area contributed by atoms with Crippen LogP contribution < -0.4 is 4.90 Å². The van der Waals surface area contributed by atoms with Crippen LogP contribution in [0.25, 0.3) is 27.5 Å². The number of anilines is 1. The summed E-state index contributed by atoms with van der Waals surface area (Å²) < 4.78 is 6.16. The summed E-state index contributed by atoms with van der Waals surface area (Å²) in [6.07, 6.45) is 8.28. The number of furan rings is 1. The van der Waals surface area contributed by atoms with Crippen LogP contribution in [0.4, 0.5) is 5.69 Å². The Hall–Kier alpha value is -2.74. The Bertz CT molecular complexity index is 943. The van der Waals surface area contributed by atoms with Crippen molar-refractivity contribution >= 4 is 33.2 Å². The Kier molecular flexibility index (Phi) is 2.90. The van der Waals surface area contributed by atoms with E-state index < -0.39 is 0 Å². The number of likely N-dealkylation sites (N-methyl/N-ethyl adjacent to an activating group) is 1. The molecule has 0 aliphatic carbocycles. The Balaban J connectivity index is 2.11. The Morgan fingerprint density at radius 3 is 2.82 bits per heavy atom. The van der Waals surface area contributed by atoms with Gasteiger partial charge in [-0.3, -0.25) is 0 Å². The molecule has 2 heterocycles. The van der Waals surface area contributed by atoms with E-state index in [9.17, 15) is 0 Å². The Morgan fingerprint density at radius 1 is 1.05 bits per heavy atom. The number of benzene rings is 2. The predicted molar refractivity (Wildman–Crippen MR) is 94.3 cm³/mol. The molecule has 0 radical (unpaired) electrons. The van der Waals surface area contributed by atoms with Crippen molar-refractivity contribution in [1.82, 2.24) is 0 Å². The molecule has 1 aromatic heterocycles. The van der Waals surface area contributed by atoms with Gasteiger partial charge in [-0.1, -0.05) is 49.1 Å². The van der Waals surface area contributed by atoms with Gasteiger partial charge >= 0.3 is 0 Å². The second-order valence-electron chi connectivity index (χ2n) is 5.63. The fourth-order valence-electron chi connectivity index (χ4n) is 3.06. The zero-order valence-corrected chi connectivity index (χ0v) is 12.5. The molecule has 0 bridgehead atoms. The molecule has 3 aromatic rings. The second-order valence-corrected chi connectivity index (χ2v) is 5.63. The van der Waals surface area contributed by atoms with Crippen LogP contribution in [-0.4, -0.2) is 13.6 Å². The van der Waals surface area contributed by atoms with Gasteiger partial charge in [-0.05, 0) is 23.8 Å². The van der Waals surface area contributed by atoms with Crippen molar-refractivity contribution in [3.8, 4) is 0 Å². The zero-order chi connectivity index (χ0) is 15.1. The van der Waals surface area contributed by atoms with Gasteiger partial charge in [0.25, 0.3) is 0 Å². The summed E-state index contributed by atoms with van der Waals surface area (Å²) in [5, 5.41) is 2.29. The van der Waals surface area contributed by atoms with Gasteiger partial charge in [0.1, 0.15) is 11.2 Å². The zero-order valence-electron chi connectivity index (χ0n) is 12.5. The molecular weight excluding hydrogens is 270 g/mol. The van der Waals surface area contributed by atoms with E-state index in [1.807, 2.05) is 30.4 Å². The van der Waals surface area contributed by atoms with E-state index in [4.69, 9.17) is 4.42 Å². The van der Waals surface area contributed by atoms with Crippen LogP contribution >= 0.6 is 0 Å². The van der Waals surface area contributed by atoms with Gasteiger partial charge in [-0.2, -0.15) is 0 Å². The lowest BCUT2D eigenvalue weighted by Crippen LogP contribution is -2.18. The minimum Gasteiger partial charge on any atom is -0.455 e. The number of fused-ring (bicyclic) bond motifs is 5. The molecule has 108 valence electrons. The maximum absolute atomic E-state index is 6.16. The van der Waals surface area contributed by atoms with Gasteiger partial charge in [0, 0.05) is 35.6 Å². The van der Waals surface area contributed by atoms with E-state index in [0.29, 0.717) is 0 Å². The molecule has 4 rings (SSSR count). The molecule has 0 amide bonds. The molecule has 2 aromatic carbocycles. The van der Waals surface area contributed by atoms with Crippen LogP contribution in [0.2, 0.25) is 0 Å². The molecule has 0 N–H and O–H groups in total. The van der Waals surface area contributed by atoms with Crippen LogP contribution in [0.15, 0.2) is 71.7 Å².